The summed E-state index contributed by atoms with van der Waals surface area (Å²) in [5, 5.41) is 11.5. The number of aromatic nitrogens is 2. The third-order valence-corrected chi connectivity index (χ3v) is 3.37. The van der Waals surface area contributed by atoms with E-state index in [1.807, 2.05) is 31.3 Å². The summed E-state index contributed by atoms with van der Waals surface area (Å²) in [6.45, 7) is 1.81. The average molecular weight is 244 g/mol. The third kappa shape index (κ3) is 1.86. The molecule has 2 heterocycles. The fourth-order valence-electron chi connectivity index (χ4n) is 2.41. The molecule has 0 aliphatic carbocycles. The maximum absolute atomic E-state index is 12.2. The topological polar surface area (TPSA) is 59.0 Å². The van der Waals surface area contributed by atoms with Gasteiger partial charge in [0.1, 0.15) is 0 Å². The molecule has 0 radical (unpaired) electrons. The lowest BCUT2D eigenvalue weighted by Crippen LogP contribution is -2.36. The van der Waals surface area contributed by atoms with Crippen molar-refractivity contribution in [3.05, 3.63) is 30.0 Å². The van der Waals surface area contributed by atoms with E-state index in [9.17, 15) is 4.79 Å². The summed E-state index contributed by atoms with van der Waals surface area (Å²) in [6, 6.07) is 8.00. The molecule has 94 valence electrons. The Hall–Kier alpha value is -1.88. The maximum Gasteiger partial charge on any atom is 0.272 e. The van der Waals surface area contributed by atoms with E-state index in [1.54, 1.807) is 4.68 Å². The number of carbonyl (C=O) groups is 1. The summed E-state index contributed by atoms with van der Waals surface area (Å²) in [5.41, 5.74) is 1.49. The van der Waals surface area contributed by atoms with Crippen molar-refractivity contribution in [2.24, 2.45) is 7.05 Å². The summed E-state index contributed by atoms with van der Waals surface area (Å²) >= 11 is 0. The number of nitrogens with one attached hydrogen (secondary N) is 2. The molecule has 0 bridgehead atoms. The molecule has 0 saturated carbocycles. The van der Waals surface area contributed by atoms with E-state index in [0.29, 0.717) is 5.69 Å². The lowest BCUT2D eigenvalue weighted by molar-refractivity contribution is 0.0936. The van der Waals surface area contributed by atoms with Crippen LogP contribution in [0.1, 0.15) is 16.9 Å². The fraction of sp³-hybridized carbons (Fsp3) is 0.385. The Labute approximate surface area is 105 Å². The van der Waals surface area contributed by atoms with Crippen molar-refractivity contribution in [1.29, 1.82) is 0 Å². The zero-order valence-electron chi connectivity index (χ0n) is 10.3. The van der Waals surface area contributed by atoms with Crippen LogP contribution in [0.3, 0.4) is 0 Å². The highest BCUT2D eigenvalue weighted by atomic mass is 16.2. The van der Waals surface area contributed by atoms with E-state index < -0.39 is 0 Å². The van der Waals surface area contributed by atoms with E-state index in [1.165, 1.54) is 0 Å². The molecule has 3 rings (SSSR count). The van der Waals surface area contributed by atoms with Gasteiger partial charge in [0.05, 0.1) is 5.52 Å². The average Bonchev–Trinajstić information content (AvgIpc) is 2.98. The quantitative estimate of drug-likeness (QED) is 0.816. The zero-order valence-corrected chi connectivity index (χ0v) is 10.3. The Morgan fingerprint density at radius 3 is 3.11 bits per heavy atom. The van der Waals surface area contributed by atoms with Gasteiger partial charge in [0.15, 0.2) is 5.69 Å². The lowest BCUT2D eigenvalue weighted by Gasteiger charge is -2.09. The molecule has 18 heavy (non-hydrogen) atoms. The standard InChI is InChI=1S/C13H16N4O/c1-17-11-5-3-2-4-10(11)12(16-17)13(18)15-9-6-7-14-8-9/h2-5,9,14H,6-8H2,1H3,(H,15,18)/t9-/m0/s1. The number of aryl methyl sites for hydroxylation is 1. The highest BCUT2D eigenvalue weighted by molar-refractivity contribution is 6.04. The van der Waals surface area contributed by atoms with Crippen molar-refractivity contribution >= 4 is 16.8 Å². The normalized spacial score (nSPS) is 19.3. The molecule has 1 aromatic heterocycles. The minimum Gasteiger partial charge on any atom is -0.347 e. The van der Waals surface area contributed by atoms with Crippen LogP contribution in [0.4, 0.5) is 0 Å². The van der Waals surface area contributed by atoms with Crippen LogP contribution in [0.2, 0.25) is 0 Å². The molecule has 5 nitrogen and oxygen atoms in total. The van der Waals surface area contributed by atoms with E-state index in [4.69, 9.17) is 0 Å². The molecule has 1 atom stereocenters. The molecule has 2 aromatic rings. The van der Waals surface area contributed by atoms with Crippen molar-refractivity contribution in [1.82, 2.24) is 20.4 Å². The summed E-state index contributed by atoms with van der Waals surface area (Å²) in [6.07, 6.45) is 0.983. The zero-order chi connectivity index (χ0) is 12.5. The summed E-state index contributed by atoms with van der Waals surface area (Å²) < 4.78 is 1.75. The SMILES string of the molecule is Cn1nc(C(=O)N[C@H]2CCNC2)c2ccccc21. The van der Waals surface area contributed by atoms with Crippen molar-refractivity contribution < 1.29 is 4.79 Å². The van der Waals surface area contributed by atoms with Gasteiger partial charge in [0.2, 0.25) is 0 Å². The molecule has 1 fully saturated rings. The predicted molar refractivity (Wildman–Crippen MR) is 69.5 cm³/mol. The van der Waals surface area contributed by atoms with E-state index in [-0.39, 0.29) is 11.9 Å². The third-order valence-electron chi connectivity index (χ3n) is 3.37. The number of nitrogens with zero attached hydrogens (tertiary/aromatic N) is 2. The largest absolute Gasteiger partial charge is 0.347 e. The summed E-state index contributed by atoms with van der Waals surface area (Å²) in [7, 11) is 1.86. The van der Waals surface area contributed by atoms with Crippen LogP contribution in [-0.4, -0.2) is 34.8 Å². The molecule has 1 saturated heterocycles. The van der Waals surface area contributed by atoms with Gasteiger partial charge in [-0.2, -0.15) is 5.10 Å². The van der Waals surface area contributed by atoms with Crippen LogP contribution in [0.15, 0.2) is 24.3 Å². The first-order valence-electron chi connectivity index (χ1n) is 6.19. The Kier molecular flexibility index (Phi) is 2.76. The molecule has 0 unspecified atom stereocenters. The first-order chi connectivity index (χ1) is 8.75. The van der Waals surface area contributed by atoms with Crippen LogP contribution in [0, 0.1) is 0 Å². The van der Waals surface area contributed by atoms with Gasteiger partial charge in [-0.05, 0) is 19.0 Å². The number of hydrogen-bond donors (Lipinski definition) is 2. The van der Waals surface area contributed by atoms with Crippen LogP contribution >= 0.6 is 0 Å². The molecule has 1 aromatic carbocycles. The second kappa shape index (κ2) is 4.42. The minimum atomic E-state index is -0.0829. The Morgan fingerprint density at radius 2 is 2.33 bits per heavy atom. The summed E-state index contributed by atoms with van der Waals surface area (Å²) in [4.78, 5) is 12.2. The smallest absolute Gasteiger partial charge is 0.272 e. The Bertz CT molecular complexity index is 584. The Balaban J connectivity index is 1.91. The number of carbonyl (C=O) groups excluding carboxylic acids is 1. The first kappa shape index (κ1) is 11.2. The predicted octanol–water partition coefficient (Wildman–Crippen LogP) is 0.665. The van der Waals surface area contributed by atoms with E-state index in [0.717, 1.165) is 30.4 Å². The van der Waals surface area contributed by atoms with Crippen LogP contribution in [0.5, 0.6) is 0 Å². The molecular formula is C13H16N4O. The van der Waals surface area contributed by atoms with Gasteiger partial charge >= 0.3 is 0 Å². The Morgan fingerprint density at radius 1 is 1.50 bits per heavy atom. The van der Waals surface area contributed by atoms with Gasteiger partial charge in [0.25, 0.3) is 5.91 Å². The molecule has 1 aliphatic rings. The maximum atomic E-state index is 12.2. The highest BCUT2D eigenvalue weighted by Crippen LogP contribution is 2.17. The number of benzene rings is 1. The van der Waals surface area contributed by atoms with Crippen LogP contribution in [0.25, 0.3) is 10.9 Å². The molecule has 5 heteroatoms. The molecule has 0 spiro atoms. The number of para-hydroxylation sites is 1. The van der Waals surface area contributed by atoms with Gasteiger partial charge < -0.3 is 10.6 Å². The molecule has 1 aliphatic heterocycles. The van der Waals surface area contributed by atoms with Crippen molar-refractivity contribution in [2.75, 3.05) is 13.1 Å². The first-order valence-corrected chi connectivity index (χ1v) is 6.19. The lowest BCUT2D eigenvalue weighted by atomic mass is 10.2. The van der Waals surface area contributed by atoms with Gasteiger partial charge in [-0.15, -0.1) is 0 Å². The van der Waals surface area contributed by atoms with Gasteiger partial charge in [-0.1, -0.05) is 18.2 Å². The monoisotopic (exact) mass is 244 g/mol. The number of hydrogen-bond acceptors (Lipinski definition) is 3. The van der Waals surface area contributed by atoms with Crippen molar-refractivity contribution in [2.45, 2.75) is 12.5 Å². The van der Waals surface area contributed by atoms with Crippen LogP contribution in [-0.2, 0) is 7.05 Å². The van der Waals surface area contributed by atoms with E-state index >= 15 is 0 Å². The number of rotatable bonds is 2. The van der Waals surface area contributed by atoms with E-state index in [2.05, 4.69) is 15.7 Å². The molecule has 2 N–H and O–H groups in total. The van der Waals surface area contributed by atoms with Crippen molar-refractivity contribution in [3.63, 3.8) is 0 Å². The van der Waals surface area contributed by atoms with Gasteiger partial charge in [0, 0.05) is 25.0 Å². The molecule has 1 amide bonds. The van der Waals surface area contributed by atoms with Gasteiger partial charge in [-0.25, -0.2) is 0 Å². The highest BCUT2D eigenvalue weighted by Gasteiger charge is 2.21. The van der Waals surface area contributed by atoms with Gasteiger partial charge in [-0.3, -0.25) is 9.48 Å². The number of amides is 1. The van der Waals surface area contributed by atoms with Crippen LogP contribution < -0.4 is 10.6 Å². The summed E-state index contributed by atoms with van der Waals surface area (Å²) in [5.74, 6) is -0.0829. The number of fused-ring (bicyclic) bond motifs is 1. The van der Waals surface area contributed by atoms with Crippen molar-refractivity contribution in [3.8, 4) is 0 Å². The fourth-order valence-corrected chi connectivity index (χ4v) is 2.41. The second-order valence-electron chi connectivity index (χ2n) is 4.65. The molecular weight excluding hydrogens is 228 g/mol. The second-order valence-corrected chi connectivity index (χ2v) is 4.65. The minimum absolute atomic E-state index is 0.0829.